The molecule has 0 spiro atoms. The van der Waals surface area contributed by atoms with Gasteiger partial charge in [0.25, 0.3) is 5.91 Å². The Morgan fingerprint density at radius 2 is 2.06 bits per heavy atom. The van der Waals surface area contributed by atoms with Crippen molar-refractivity contribution < 1.29 is 4.79 Å². The summed E-state index contributed by atoms with van der Waals surface area (Å²) in [5, 5.41) is 2.83. The molecule has 2 heterocycles. The number of hydrogen-bond acceptors (Lipinski definition) is 3. The van der Waals surface area contributed by atoms with Crippen LogP contribution in [-0.2, 0) is 0 Å². The molecule has 0 aromatic carbocycles. The highest BCUT2D eigenvalue weighted by molar-refractivity contribution is 5.96. The van der Waals surface area contributed by atoms with Crippen molar-refractivity contribution in [2.45, 2.75) is 39.7 Å². The zero-order chi connectivity index (χ0) is 13.3. The van der Waals surface area contributed by atoms with E-state index in [9.17, 15) is 4.79 Å². The summed E-state index contributed by atoms with van der Waals surface area (Å²) in [5.41, 5.74) is 2.81. The van der Waals surface area contributed by atoms with Gasteiger partial charge in [-0.1, -0.05) is 13.8 Å². The van der Waals surface area contributed by atoms with Crippen molar-refractivity contribution in [2.75, 3.05) is 0 Å². The highest BCUT2D eigenvalue weighted by Gasteiger charge is 2.12. The fraction of sp³-hybridized carbons (Fsp3) is 0.462. The minimum absolute atomic E-state index is 0.107. The third-order valence-corrected chi connectivity index (χ3v) is 2.61. The van der Waals surface area contributed by atoms with Gasteiger partial charge in [-0.15, -0.1) is 0 Å². The van der Waals surface area contributed by atoms with Gasteiger partial charge in [-0.05, 0) is 25.8 Å². The topological polar surface area (TPSA) is 70.7 Å². The van der Waals surface area contributed by atoms with Gasteiger partial charge >= 0.3 is 0 Å². The number of fused-ring (bicyclic) bond motifs is 1. The molecule has 5 heteroatoms. The summed E-state index contributed by atoms with van der Waals surface area (Å²) in [5.74, 6) is 0.195. The van der Waals surface area contributed by atoms with Crippen molar-refractivity contribution >= 4 is 17.1 Å². The fourth-order valence-corrected chi connectivity index (χ4v) is 1.66. The van der Waals surface area contributed by atoms with Crippen LogP contribution in [0.2, 0.25) is 0 Å². The Morgan fingerprint density at radius 3 is 2.67 bits per heavy atom. The SMILES string of the molecule is CC(C)NC(=O)c1cc2nc(C(C)C)cnc2[nH]1. The first kappa shape index (κ1) is 12.5. The molecule has 5 nitrogen and oxygen atoms in total. The zero-order valence-electron chi connectivity index (χ0n) is 11.1. The summed E-state index contributed by atoms with van der Waals surface area (Å²) in [6, 6.07) is 1.85. The van der Waals surface area contributed by atoms with Gasteiger partial charge < -0.3 is 10.3 Å². The molecule has 0 atom stereocenters. The quantitative estimate of drug-likeness (QED) is 0.872. The maximum absolute atomic E-state index is 11.8. The smallest absolute Gasteiger partial charge is 0.268 e. The van der Waals surface area contributed by atoms with Crippen LogP contribution in [0.5, 0.6) is 0 Å². The monoisotopic (exact) mass is 246 g/mol. The minimum Gasteiger partial charge on any atom is -0.349 e. The molecule has 2 rings (SSSR count). The van der Waals surface area contributed by atoms with Gasteiger partial charge in [0.1, 0.15) is 11.2 Å². The number of carbonyl (C=O) groups excluding carboxylic acids is 1. The lowest BCUT2D eigenvalue weighted by atomic mass is 10.1. The predicted molar refractivity (Wildman–Crippen MR) is 70.6 cm³/mol. The molecule has 0 saturated heterocycles. The Hall–Kier alpha value is -1.91. The lowest BCUT2D eigenvalue weighted by molar-refractivity contribution is 0.0939. The van der Waals surface area contributed by atoms with Crippen LogP contribution in [-0.4, -0.2) is 26.9 Å². The maximum atomic E-state index is 11.8. The Balaban J connectivity index is 2.35. The third-order valence-electron chi connectivity index (χ3n) is 2.61. The molecule has 0 bridgehead atoms. The van der Waals surface area contributed by atoms with Gasteiger partial charge in [0, 0.05) is 6.04 Å². The van der Waals surface area contributed by atoms with Crippen molar-refractivity contribution in [2.24, 2.45) is 0 Å². The van der Waals surface area contributed by atoms with Crippen LogP contribution in [0, 0.1) is 0 Å². The average Bonchev–Trinajstić information content (AvgIpc) is 2.70. The summed E-state index contributed by atoms with van der Waals surface area (Å²) < 4.78 is 0. The third kappa shape index (κ3) is 2.50. The van der Waals surface area contributed by atoms with Crippen molar-refractivity contribution in [1.29, 1.82) is 0 Å². The second kappa shape index (κ2) is 4.76. The first-order valence-electron chi connectivity index (χ1n) is 6.14. The molecule has 0 aliphatic carbocycles. The molecule has 18 heavy (non-hydrogen) atoms. The van der Waals surface area contributed by atoms with Crippen molar-refractivity contribution in [3.05, 3.63) is 23.7 Å². The van der Waals surface area contributed by atoms with E-state index in [0.717, 1.165) is 11.2 Å². The molecule has 1 amide bonds. The minimum atomic E-state index is -0.129. The molecule has 0 saturated carbocycles. The molecule has 0 radical (unpaired) electrons. The van der Waals surface area contributed by atoms with Crippen molar-refractivity contribution in [3.8, 4) is 0 Å². The molecule has 0 fully saturated rings. The summed E-state index contributed by atoms with van der Waals surface area (Å²) in [6.07, 6.45) is 1.74. The standard InChI is InChI=1S/C13H18N4O/c1-7(2)11-6-14-12-9(16-11)5-10(17-12)13(18)15-8(3)4/h5-8H,1-4H3,(H,14,17)(H,15,18). The van der Waals surface area contributed by atoms with E-state index < -0.39 is 0 Å². The van der Waals surface area contributed by atoms with Crippen LogP contribution < -0.4 is 5.32 Å². The highest BCUT2D eigenvalue weighted by atomic mass is 16.1. The van der Waals surface area contributed by atoms with Gasteiger partial charge in [-0.3, -0.25) is 4.79 Å². The van der Waals surface area contributed by atoms with E-state index in [1.54, 1.807) is 12.3 Å². The molecule has 0 unspecified atom stereocenters. The van der Waals surface area contributed by atoms with E-state index in [1.165, 1.54) is 0 Å². The predicted octanol–water partition coefficient (Wildman–Crippen LogP) is 2.22. The van der Waals surface area contributed by atoms with Gasteiger partial charge in [0.2, 0.25) is 0 Å². The second-order valence-electron chi connectivity index (χ2n) is 4.99. The first-order valence-corrected chi connectivity index (χ1v) is 6.14. The van der Waals surface area contributed by atoms with Gasteiger partial charge in [-0.25, -0.2) is 9.97 Å². The molecule has 96 valence electrons. The number of hydrogen-bond donors (Lipinski definition) is 2. The lowest BCUT2D eigenvalue weighted by Crippen LogP contribution is -2.30. The Kier molecular flexibility index (Phi) is 3.32. The van der Waals surface area contributed by atoms with Crippen molar-refractivity contribution in [1.82, 2.24) is 20.3 Å². The number of carbonyl (C=O) groups is 1. The number of H-pyrrole nitrogens is 1. The summed E-state index contributed by atoms with van der Waals surface area (Å²) >= 11 is 0. The average molecular weight is 246 g/mol. The lowest BCUT2D eigenvalue weighted by Gasteiger charge is -2.05. The van der Waals surface area contributed by atoms with E-state index in [0.29, 0.717) is 17.3 Å². The second-order valence-corrected chi connectivity index (χ2v) is 4.99. The Labute approximate surface area is 106 Å². The molecule has 2 aromatic heterocycles. The highest BCUT2D eigenvalue weighted by Crippen LogP contribution is 2.16. The van der Waals surface area contributed by atoms with Crippen LogP contribution >= 0.6 is 0 Å². The van der Waals surface area contributed by atoms with Crippen LogP contribution in [0.1, 0.15) is 49.8 Å². The van der Waals surface area contributed by atoms with E-state index in [2.05, 4.69) is 34.1 Å². The first-order chi connectivity index (χ1) is 8.47. The van der Waals surface area contributed by atoms with E-state index in [1.807, 2.05) is 13.8 Å². The fourth-order valence-electron chi connectivity index (χ4n) is 1.66. The Morgan fingerprint density at radius 1 is 1.33 bits per heavy atom. The zero-order valence-corrected chi connectivity index (χ0v) is 11.1. The van der Waals surface area contributed by atoms with Crippen molar-refractivity contribution in [3.63, 3.8) is 0 Å². The van der Waals surface area contributed by atoms with Gasteiger partial charge in [-0.2, -0.15) is 0 Å². The number of amides is 1. The summed E-state index contributed by atoms with van der Waals surface area (Å²) in [4.78, 5) is 23.6. The van der Waals surface area contributed by atoms with E-state index in [-0.39, 0.29) is 11.9 Å². The van der Waals surface area contributed by atoms with Gasteiger partial charge in [0.05, 0.1) is 11.9 Å². The largest absolute Gasteiger partial charge is 0.349 e. The molecule has 2 N–H and O–H groups in total. The number of aromatic nitrogens is 3. The number of aromatic amines is 1. The number of nitrogens with one attached hydrogen (secondary N) is 2. The van der Waals surface area contributed by atoms with E-state index in [4.69, 9.17) is 0 Å². The van der Waals surface area contributed by atoms with Crippen LogP contribution in [0.25, 0.3) is 11.2 Å². The molecule has 0 aliphatic rings. The van der Waals surface area contributed by atoms with E-state index >= 15 is 0 Å². The number of rotatable bonds is 3. The summed E-state index contributed by atoms with van der Waals surface area (Å²) in [6.45, 7) is 7.98. The van der Waals surface area contributed by atoms with Crippen LogP contribution in [0.4, 0.5) is 0 Å². The summed E-state index contributed by atoms with van der Waals surface area (Å²) in [7, 11) is 0. The maximum Gasteiger partial charge on any atom is 0.268 e. The molecule has 0 aliphatic heterocycles. The van der Waals surface area contributed by atoms with Crippen LogP contribution in [0.3, 0.4) is 0 Å². The molecule has 2 aromatic rings. The normalized spacial score (nSPS) is 11.4. The Bertz CT molecular complexity index is 571. The van der Waals surface area contributed by atoms with Gasteiger partial charge in [0.15, 0.2) is 5.65 Å². The van der Waals surface area contributed by atoms with Crippen LogP contribution in [0.15, 0.2) is 12.3 Å². The number of nitrogens with zero attached hydrogens (tertiary/aromatic N) is 2. The molecular weight excluding hydrogens is 228 g/mol. The molecular formula is C13H18N4O.